The first kappa shape index (κ1) is 18.3. The standard InChI is InChI=1S/C21H29NO2/c1-16(2)19-9-6-18(7-10-19)15-22(3)13-12-17-8-11-20(23-4)21(14-17)24-5/h6-11,14,16H,12-13,15H2,1-5H3. The van der Waals surface area contributed by atoms with E-state index in [0.29, 0.717) is 5.92 Å². The lowest BCUT2D eigenvalue weighted by Gasteiger charge is -2.18. The number of likely N-dealkylation sites (N-methyl/N-ethyl adjacent to an activating group) is 1. The van der Waals surface area contributed by atoms with Crippen LogP contribution in [0.1, 0.15) is 36.5 Å². The molecule has 2 aromatic rings. The molecule has 0 amide bonds. The third-order valence-corrected chi connectivity index (χ3v) is 4.33. The first-order valence-electron chi connectivity index (χ1n) is 8.51. The second kappa shape index (κ2) is 8.74. The molecule has 24 heavy (non-hydrogen) atoms. The third-order valence-electron chi connectivity index (χ3n) is 4.33. The minimum atomic E-state index is 0.585. The highest BCUT2D eigenvalue weighted by Gasteiger charge is 2.06. The fraction of sp³-hybridized carbons (Fsp3) is 0.429. The summed E-state index contributed by atoms with van der Waals surface area (Å²) in [7, 11) is 5.50. The molecule has 0 atom stereocenters. The maximum absolute atomic E-state index is 5.37. The van der Waals surface area contributed by atoms with E-state index in [1.165, 1.54) is 16.7 Å². The van der Waals surface area contributed by atoms with Gasteiger partial charge in [0.1, 0.15) is 0 Å². The Hall–Kier alpha value is -2.00. The molecule has 3 nitrogen and oxygen atoms in total. The average molecular weight is 327 g/mol. The lowest BCUT2D eigenvalue weighted by molar-refractivity contribution is 0.330. The van der Waals surface area contributed by atoms with Crippen molar-refractivity contribution in [3.8, 4) is 11.5 Å². The van der Waals surface area contributed by atoms with Gasteiger partial charge in [0.05, 0.1) is 14.2 Å². The van der Waals surface area contributed by atoms with E-state index >= 15 is 0 Å². The molecule has 0 fully saturated rings. The summed E-state index contributed by atoms with van der Waals surface area (Å²) < 4.78 is 10.7. The predicted octanol–water partition coefficient (Wildman–Crippen LogP) is 4.50. The summed E-state index contributed by atoms with van der Waals surface area (Å²) in [5.74, 6) is 2.16. The molecular weight excluding hydrogens is 298 g/mol. The lowest BCUT2D eigenvalue weighted by Crippen LogP contribution is -2.20. The van der Waals surface area contributed by atoms with Crippen LogP contribution < -0.4 is 9.47 Å². The molecule has 0 aliphatic carbocycles. The molecule has 0 aliphatic heterocycles. The molecule has 0 bridgehead atoms. The predicted molar refractivity (Wildman–Crippen MR) is 100 cm³/mol. The Balaban J connectivity index is 1.89. The van der Waals surface area contributed by atoms with Gasteiger partial charge in [-0.25, -0.2) is 0 Å². The SMILES string of the molecule is COc1ccc(CCN(C)Cc2ccc(C(C)C)cc2)cc1OC. The highest BCUT2D eigenvalue weighted by molar-refractivity contribution is 5.42. The van der Waals surface area contributed by atoms with Crippen LogP contribution in [0.3, 0.4) is 0 Å². The minimum Gasteiger partial charge on any atom is -0.493 e. The second-order valence-electron chi connectivity index (χ2n) is 6.57. The van der Waals surface area contributed by atoms with Crippen molar-refractivity contribution in [1.29, 1.82) is 0 Å². The van der Waals surface area contributed by atoms with Crippen LogP contribution in [0, 0.1) is 0 Å². The third kappa shape index (κ3) is 5.00. The van der Waals surface area contributed by atoms with Crippen molar-refractivity contribution in [2.45, 2.75) is 32.7 Å². The maximum Gasteiger partial charge on any atom is 0.160 e. The fourth-order valence-corrected chi connectivity index (χ4v) is 2.75. The van der Waals surface area contributed by atoms with Gasteiger partial charge in [-0.3, -0.25) is 0 Å². The Morgan fingerprint density at radius 3 is 2.08 bits per heavy atom. The van der Waals surface area contributed by atoms with Crippen LogP contribution in [0.4, 0.5) is 0 Å². The number of rotatable bonds is 8. The topological polar surface area (TPSA) is 21.7 Å². The Morgan fingerprint density at radius 2 is 1.50 bits per heavy atom. The van der Waals surface area contributed by atoms with Crippen LogP contribution in [0.15, 0.2) is 42.5 Å². The molecule has 0 saturated carbocycles. The van der Waals surface area contributed by atoms with Crippen LogP contribution >= 0.6 is 0 Å². The van der Waals surface area contributed by atoms with E-state index < -0.39 is 0 Å². The molecule has 0 heterocycles. The van der Waals surface area contributed by atoms with Gasteiger partial charge in [-0.2, -0.15) is 0 Å². The van der Waals surface area contributed by atoms with Crippen molar-refractivity contribution < 1.29 is 9.47 Å². The van der Waals surface area contributed by atoms with E-state index in [0.717, 1.165) is 31.0 Å². The summed E-state index contributed by atoms with van der Waals surface area (Å²) in [5, 5.41) is 0. The molecule has 130 valence electrons. The summed E-state index contributed by atoms with van der Waals surface area (Å²) in [5.41, 5.74) is 4.01. The first-order chi connectivity index (χ1) is 11.5. The maximum atomic E-state index is 5.37. The highest BCUT2D eigenvalue weighted by Crippen LogP contribution is 2.27. The quantitative estimate of drug-likeness (QED) is 0.712. The summed E-state index contributed by atoms with van der Waals surface area (Å²) in [6, 6.07) is 15.1. The minimum absolute atomic E-state index is 0.585. The van der Waals surface area contributed by atoms with Crippen molar-refractivity contribution in [3.63, 3.8) is 0 Å². The van der Waals surface area contributed by atoms with Crippen LogP contribution in [-0.2, 0) is 13.0 Å². The molecule has 0 radical (unpaired) electrons. The Kier molecular flexibility index (Phi) is 6.68. The van der Waals surface area contributed by atoms with Gasteiger partial charge < -0.3 is 14.4 Å². The van der Waals surface area contributed by atoms with Crippen LogP contribution in [0.5, 0.6) is 11.5 Å². The van der Waals surface area contributed by atoms with E-state index in [-0.39, 0.29) is 0 Å². The number of ether oxygens (including phenoxy) is 2. The number of hydrogen-bond donors (Lipinski definition) is 0. The number of hydrogen-bond acceptors (Lipinski definition) is 3. The van der Waals surface area contributed by atoms with Gasteiger partial charge in [0.15, 0.2) is 11.5 Å². The number of nitrogens with zero attached hydrogens (tertiary/aromatic N) is 1. The van der Waals surface area contributed by atoms with E-state index in [1.54, 1.807) is 14.2 Å². The summed E-state index contributed by atoms with van der Waals surface area (Å²) in [6.07, 6.45) is 0.987. The summed E-state index contributed by atoms with van der Waals surface area (Å²) in [6.45, 7) is 6.42. The van der Waals surface area contributed by atoms with Gasteiger partial charge >= 0.3 is 0 Å². The van der Waals surface area contributed by atoms with E-state index in [4.69, 9.17) is 9.47 Å². The smallest absolute Gasteiger partial charge is 0.160 e. The Labute approximate surface area is 146 Å². The lowest BCUT2D eigenvalue weighted by atomic mass is 10.0. The van der Waals surface area contributed by atoms with E-state index in [2.05, 4.69) is 62.2 Å². The Bertz CT molecular complexity index is 635. The van der Waals surface area contributed by atoms with Crippen LogP contribution in [-0.4, -0.2) is 32.7 Å². The molecule has 3 heteroatoms. The number of benzene rings is 2. The van der Waals surface area contributed by atoms with Crippen LogP contribution in [0.2, 0.25) is 0 Å². The molecule has 2 rings (SSSR count). The average Bonchev–Trinajstić information content (AvgIpc) is 2.60. The molecule has 2 aromatic carbocycles. The van der Waals surface area contributed by atoms with Gasteiger partial charge in [-0.05, 0) is 48.2 Å². The monoisotopic (exact) mass is 327 g/mol. The first-order valence-corrected chi connectivity index (χ1v) is 8.51. The molecule has 0 N–H and O–H groups in total. The molecular formula is C21H29NO2. The zero-order valence-electron chi connectivity index (χ0n) is 15.5. The van der Waals surface area contributed by atoms with Gasteiger partial charge in [0.2, 0.25) is 0 Å². The van der Waals surface area contributed by atoms with Crippen molar-refractivity contribution in [2.75, 3.05) is 27.8 Å². The van der Waals surface area contributed by atoms with Gasteiger partial charge in [0, 0.05) is 13.1 Å². The highest BCUT2D eigenvalue weighted by atomic mass is 16.5. The van der Waals surface area contributed by atoms with E-state index in [1.807, 2.05) is 6.07 Å². The molecule has 0 spiro atoms. The van der Waals surface area contributed by atoms with Gasteiger partial charge in [0.25, 0.3) is 0 Å². The largest absolute Gasteiger partial charge is 0.493 e. The van der Waals surface area contributed by atoms with Crippen molar-refractivity contribution in [2.24, 2.45) is 0 Å². The summed E-state index contributed by atoms with van der Waals surface area (Å²) in [4.78, 5) is 2.35. The van der Waals surface area contributed by atoms with Gasteiger partial charge in [-0.1, -0.05) is 44.2 Å². The molecule has 0 aliphatic rings. The van der Waals surface area contributed by atoms with Crippen molar-refractivity contribution in [3.05, 3.63) is 59.2 Å². The zero-order chi connectivity index (χ0) is 17.5. The zero-order valence-corrected chi connectivity index (χ0v) is 15.5. The van der Waals surface area contributed by atoms with Crippen molar-refractivity contribution in [1.82, 2.24) is 4.90 Å². The molecule has 0 aromatic heterocycles. The van der Waals surface area contributed by atoms with Crippen LogP contribution in [0.25, 0.3) is 0 Å². The fourth-order valence-electron chi connectivity index (χ4n) is 2.75. The molecule has 0 saturated heterocycles. The summed E-state index contributed by atoms with van der Waals surface area (Å²) >= 11 is 0. The van der Waals surface area contributed by atoms with E-state index in [9.17, 15) is 0 Å². The van der Waals surface area contributed by atoms with Crippen molar-refractivity contribution >= 4 is 0 Å². The normalized spacial score (nSPS) is 11.1. The Morgan fingerprint density at radius 1 is 0.875 bits per heavy atom. The van der Waals surface area contributed by atoms with Gasteiger partial charge in [-0.15, -0.1) is 0 Å². The molecule has 0 unspecified atom stereocenters. The second-order valence-corrected chi connectivity index (χ2v) is 6.57. The number of methoxy groups -OCH3 is 2.